The maximum absolute atomic E-state index is 10.5. The van der Waals surface area contributed by atoms with Crippen molar-refractivity contribution in [1.82, 2.24) is 0 Å². The van der Waals surface area contributed by atoms with E-state index >= 15 is 0 Å². The molecule has 0 spiro atoms. The molecule has 23 heavy (non-hydrogen) atoms. The fourth-order valence-corrected chi connectivity index (χ4v) is 2.08. The molecule has 0 aliphatic heterocycles. The van der Waals surface area contributed by atoms with Crippen LogP contribution < -0.4 is 4.90 Å². The van der Waals surface area contributed by atoms with E-state index in [-0.39, 0.29) is 11.1 Å². The van der Waals surface area contributed by atoms with Crippen LogP contribution in [0.15, 0.2) is 54.6 Å². The van der Waals surface area contributed by atoms with Crippen molar-refractivity contribution in [2.75, 3.05) is 18.0 Å². The third kappa shape index (κ3) is 5.47. The number of anilines is 1. The first kappa shape index (κ1) is 18.2. The number of carbonyl (C=O) groups is 2. The number of nitrogens with zero attached hydrogens (tertiary/aromatic N) is 1. The molecule has 0 heterocycles. The zero-order valence-corrected chi connectivity index (χ0v) is 13.3. The maximum Gasteiger partial charge on any atom is 0.336 e. The topological polar surface area (TPSA) is 77.8 Å². The number of hydrogen-bond donors (Lipinski definition) is 2. The average molecular weight is 315 g/mol. The highest BCUT2D eigenvalue weighted by atomic mass is 16.4. The second-order valence-electron chi connectivity index (χ2n) is 4.66. The highest BCUT2D eigenvalue weighted by Gasteiger charge is 2.13. The molecule has 2 rings (SSSR count). The zero-order chi connectivity index (χ0) is 17.2. The van der Waals surface area contributed by atoms with Crippen LogP contribution in [0.1, 0.15) is 34.6 Å². The smallest absolute Gasteiger partial charge is 0.336 e. The molecule has 5 heteroatoms. The Bertz CT molecular complexity index is 603. The number of benzene rings is 2. The van der Waals surface area contributed by atoms with Gasteiger partial charge in [-0.05, 0) is 38.1 Å². The fourth-order valence-electron chi connectivity index (χ4n) is 2.08. The second kappa shape index (κ2) is 9.25. The van der Waals surface area contributed by atoms with Gasteiger partial charge in [0, 0.05) is 18.8 Å². The van der Waals surface area contributed by atoms with Gasteiger partial charge in [0.2, 0.25) is 0 Å². The molecular formula is C18H21NO4. The van der Waals surface area contributed by atoms with E-state index in [2.05, 4.69) is 43.0 Å². The summed E-state index contributed by atoms with van der Waals surface area (Å²) in [6.07, 6.45) is 0. The first-order valence-corrected chi connectivity index (χ1v) is 7.36. The first-order chi connectivity index (χ1) is 11.0. The fraction of sp³-hybridized carbons (Fsp3) is 0.222. The van der Waals surface area contributed by atoms with Crippen LogP contribution in [0.3, 0.4) is 0 Å². The molecule has 0 aromatic heterocycles. The van der Waals surface area contributed by atoms with Gasteiger partial charge in [0.05, 0.1) is 11.1 Å². The molecule has 0 bridgehead atoms. The molecule has 2 aromatic carbocycles. The minimum absolute atomic E-state index is 0.190. The van der Waals surface area contributed by atoms with Gasteiger partial charge in [0.15, 0.2) is 0 Å². The summed E-state index contributed by atoms with van der Waals surface area (Å²) in [5.41, 5.74) is 0.938. The van der Waals surface area contributed by atoms with Crippen molar-refractivity contribution in [2.45, 2.75) is 13.8 Å². The van der Waals surface area contributed by atoms with Crippen LogP contribution in [-0.2, 0) is 0 Å². The largest absolute Gasteiger partial charge is 0.478 e. The van der Waals surface area contributed by atoms with Crippen molar-refractivity contribution < 1.29 is 19.8 Å². The summed E-state index contributed by atoms with van der Waals surface area (Å²) in [6, 6.07) is 16.0. The predicted octanol–water partition coefficient (Wildman–Crippen LogP) is 3.62. The van der Waals surface area contributed by atoms with Crippen molar-refractivity contribution in [3.63, 3.8) is 0 Å². The SMILES string of the molecule is CCN(CC)c1ccccc1.O=C(O)c1ccccc1C(=O)O. The third-order valence-corrected chi connectivity index (χ3v) is 3.27. The number of carboxylic acids is 2. The molecule has 5 nitrogen and oxygen atoms in total. The Morgan fingerprint density at radius 2 is 1.17 bits per heavy atom. The van der Waals surface area contributed by atoms with Crippen LogP contribution in [-0.4, -0.2) is 35.2 Å². The Morgan fingerprint density at radius 1 is 0.783 bits per heavy atom. The second-order valence-corrected chi connectivity index (χ2v) is 4.66. The molecule has 122 valence electrons. The molecule has 0 atom stereocenters. The summed E-state index contributed by atoms with van der Waals surface area (Å²) in [6.45, 7) is 6.52. The molecule has 0 amide bonds. The average Bonchev–Trinajstić information content (AvgIpc) is 2.57. The van der Waals surface area contributed by atoms with E-state index < -0.39 is 11.9 Å². The predicted molar refractivity (Wildman–Crippen MR) is 90.4 cm³/mol. The van der Waals surface area contributed by atoms with E-state index in [0.29, 0.717) is 0 Å². The lowest BCUT2D eigenvalue weighted by molar-refractivity contribution is 0.0651. The summed E-state index contributed by atoms with van der Waals surface area (Å²) in [5.74, 6) is -2.46. The third-order valence-electron chi connectivity index (χ3n) is 3.27. The van der Waals surface area contributed by atoms with E-state index in [1.54, 1.807) is 0 Å². The molecule has 0 saturated heterocycles. The zero-order valence-electron chi connectivity index (χ0n) is 13.3. The summed E-state index contributed by atoms with van der Waals surface area (Å²) in [4.78, 5) is 23.3. The lowest BCUT2D eigenvalue weighted by Gasteiger charge is -2.20. The highest BCUT2D eigenvalue weighted by Crippen LogP contribution is 2.11. The maximum atomic E-state index is 10.5. The van der Waals surface area contributed by atoms with Crippen molar-refractivity contribution in [1.29, 1.82) is 0 Å². The van der Waals surface area contributed by atoms with E-state index in [0.717, 1.165) is 13.1 Å². The van der Waals surface area contributed by atoms with Gasteiger partial charge in [0.25, 0.3) is 0 Å². The van der Waals surface area contributed by atoms with Gasteiger partial charge in [-0.2, -0.15) is 0 Å². The van der Waals surface area contributed by atoms with E-state index in [1.165, 1.54) is 30.0 Å². The van der Waals surface area contributed by atoms with Crippen LogP contribution in [0.25, 0.3) is 0 Å². The van der Waals surface area contributed by atoms with Crippen LogP contribution in [0.2, 0.25) is 0 Å². The number of carboxylic acid groups (broad SMARTS) is 2. The molecule has 2 N–H and O–H groups in total. The van der Waals surface area contributed by atoms with Gasteiger partial charge in [0.1, 0.15) is 0 Å². The van der Waals surface area contributed by atoms with E-state index in [1.807, 2.05) is 6.07 Å². The van der Waals surface area contributed by atoms with Crippen molar-refractivity contribution >= 4 is 17.6 Å². The monoisotopic (exact) mass is 315 g/mol. The van der Waals surface area contributed by atoms with Crippen LogP contribution in [0.5, 0.6) is 0 Å². The van der Waals surface area contributed by atoms with Crippen molar-refractivity contribution in [3.05, 3.63) is 65.7 Å². The Morgan fingerprint density at radius 3 is 1.52 bits per heavy atom. The first-order valence-electron chi connectivity index (χ1n) is 7.36. The lowest BCUT2D eigenvalue weighted by Crippen LogP contribution is -2.21. The molecule has 0 saturated carbocycles. The molecule has 2 aromatic rings. The van der Waals surface area contributed by atoms with Gasteiger partial charge in [-0.25, -0.2) is 9.59 Å². The van der Waals surface area contributed by atoms with Gasteiger partial charge < -0.3 is 15.1 Å². The summed E-state index contributed by atoms with van der Waals surface area (Å²) in [5, 5.41) is 17.1. The summed E-state index contributed by atoms with van der Waals surface area (Å²) < 4.78 is 0. The molecule has 0 radical (unpaired) electrons. The van der Waals surface area contributed by atoms with Gasteiger partial charge in [-0.3, -0.25) is 0 Å². The minimum atomic E-state index is -1.23. The molecule has 0 aliphatic rings. The molecule has 0 unspecified atom stereocenters. The Balaban J connectivity index is 0.000000231. The Kier molecular flexibility index (Phi) is 7.33. The highest BCUT2D eigenvalue weighted by molar-refractivity contribution is 6.01. The van der Waals surface area contributed by atoms with Crippen LogP contribution >= 0.6 is 0 Å². The van der Waals surface area contributed by atoms with Gasteiger partial charge >= 0.3 is 11.9 Å². The number of hydrogen-bond acceptors (Lipinski definition) is 3. The van der Waals surface area contributed by atoms with Crippen LogP contribution in [0, 0.1) is 0 Å². The van der Waals surface area contributed by atoms with Crippen LogP contribution in [0.4, 0.5) is 5.69 Å². The Hall–Kier alpha value is -2.82. The van der Waals surface area contributed by atoms with Crippen molar-refractivity contribution in [2.24, 2.45) is 0 Å². The van der Waals surface area contributed by atoms with E-state index in [4.69, 9.17) is 10.2 Å². The molecule has 0 fully saturated rings. The van der Waals surface area contributed by atoms with E-state index in [9.17, 15) is 9.59 Å². The summed E-state index contributed by atoms with van der Waals surface area (Å²) in [7, 11) is 0. The van der Waals surface area contributed by atoms with Crippen molar-refractivity contribution in [3.8, 4) is 0 Å². The number of rotatable bonds is 5. The summed E-state index contributed by atoms with van der Waals surface area (Å²) >= 11 is 0. The number of aromatic carboxylic acids is 2. The standard InChI is InChI=1S/C10H15N.C8H6O4/c1-3-11(4-2)10-8-6-5-7-9-10;9-7(10)5-3-1-2-4-6(5)8(11)12/h5-9H,3-4H2,1-2H3;1-4H,(H,9,10)(H,11,12). The van der Waals surface area contributed by atoms with Gasteiger partial charge in [-0.15, -0.1) is 0 Å². The molecular weight excluding hydrogens is 294 g/mol. The Labute approximate surface area is 135 Å². The normalized spacial score (nSPS) is 9.48. The minimum Gasteiger partial charge on any atom is -0.478 e. The molecule has 0 aliphatic carbocycles. The quantitative estimate of drug-likeness (QED) is 0.881. The van der Waals surface area contributed by atoms with Gasteiger partial charge in [-0.1, -0.05) is 30.3 Å². The lowest BCUT2D eigenvalue weighted by atomic mass is 10.1. The number of para-hydroxylation sites is 1.